The van der Waals surface area contributed by atoms with Gasteiger partial charge in [-0.1, -0.05) is 29.3 Å². The van der Waals surface area contributed by atoms with Crippen LogP contribution in [0.2, 0.25) is 10.0 Å². The molecular weight excluding hydrogens is 321 g/mol. The van der Waals surface area contributed by atoms with Crippen molar-refractivity contribution in [1.82, 2.24) is 9.55 Å². The summed E-state index contributed by atoms with van der Waals surface area (Å²) in [5.41, 5.74) is 0.458. The molecule has 21 heavy (non-hydrogen) atoms. The maximum Gasteiger partial charge on any atom is 0.414 e. The molecular formula is C12H11Cl2N3O4. The molecule has 0 aliphatic heterocycles. The average Bonchev–Trinajstić information content (AvgIpc) is 2.81. The Morgan fingerprint density at radius 3 is 2.81 bits per heavy atom. The molecule has 2 rings (SSSR count). The molecule has 0 saturated carbocycles. The third-order valence-electron chi connectivity index (χ3n) is 2.79. The number of nitro groups is 1. The van der Waals surface area contributed by atoms with Crippen LogP contribution < -0.4 is 4.74 Å². The number of aliphatic hydroxyl groups excluding tert-OH is 1. The summed E-state index contributed by atoms with van der Waals surface area (Å²) in [6.07, 6.45) is 0.198. The number of benzene rings is 1. The summed E-state index contributed by atoms with van der Waals surface area (Å²) in [5, 5.41) is 21.7. The Balaban J connectivity index is 2.26. The minimum atomic E-state index is -0.988. The van der Waals surface area contributed by atoms with Gasteiger partial charge in [-0.05, 0) is 17.1 Å². The lowest BCUT2D eigenvalue weighted by atomic mass is 10.1. The molecule has 0 radical (unpaired) electrons. The van der Waals surface area contributed by atoms with Gasteiger partial charge in [0.25, 0.3) is 0 Å². The summed E-state index contributed by atoms with van der Waals surface area (Å²) in [6.45, 7) is 0.00532. The minimum absolute atomic E-state index is 0.00532. The van der Waals surface area contributed by atoms with E-state index >= 15 is 0 Å². The molecule has 112 valence electrons. The van der Waals surface area contributed by atoms with Crippen molar-refractivity contribution < 1.29 is 14.8 Å². The first-order chi connectivity index (χ1) is 9.92. The number of ether oxygens (including phenoxy) is 1. The Hall–Kier alpha value is -1.83. The van der Waals surface area contributed by atoms with Gasteiger partial charge in [0.05, 0.1) is 19.8 Å². The lowest BCUT2D eigenvalue weighted by Crippen LogP contribution is -2.09. The van der Waals surface area contributed by atoms with Crippen LogP contribution in [-0.4, -0.2) is 26.7 Å². The van der Waals surface area contributed by atoms with Gasteiger partial charge in [0.1, 0.15) is 6.20 Å². The van der Waals surface area contributed by atoms with Gasteiger partial charge in [0.15, 0.2) is 0 Å². The first-order valence-corrected chi connectivity index (χ1v) is 6.56. The van der Waals surface area contributed by atoms with Gasteiger partial charge in [-0.3, -0.25) is 4.57 Å². The lowest BCUT2D eigenvalue weighted by molar-refractivity contribution is -0.389. The van der Waals surface area contributed by atoms with E-state index in [9.17, 15) is 15.2 Å². The van der Waals surface area contributed by atoms with Crippen molar-refractivity contribution in [3.8, 4) is 6.01 Å². The zero-order valence-electron chi connectivity index (χ0n) is 10.9. The van der Waals surface area contributed by atoms with Crippen LogP contribution in [0.3, 0.4) is 0 Å². The van der Waals surface area contributed by atoms with E-state index in [1.807, 2.05) is 0 Å². The number of halogens is 2. The standard InChI is InChI=1S/C12H11Cl2N3O4/c1-21-12-15-11(17(19)20)6-16(12)5-10(18)8-3-2-7(13)4-9(8)14/h2-4,6,10,18H,5H2,1H3. The molecule has 1 aromatic heterocycles. The van der Waals surface area contributed by atoms with Gasteiger partial charge in [-0.15, -0.1) is 0 Å². The van der Waals surface area contributed by atoms with Crippen LogP contribution in [0.15, 0.2) is 24.4 Å². The van der Waals surface area contributed by atoms with E-state index < -0.39 is 11.0 Å². The normalized spacial score (nSPS) is 12.2. The van der Waals surface area contributed by atoms with Crippen LogP contribution in [0, 0.1) is 10.1 Å². The Bertz CT molecular complexity index is 675. The first kappa shape index (κ1) is 15.6. The number of aliphatic hydroxyl groups is 1. The second kappa shape index (κ2) is 6.30. The van der Waals surface area contributed by atoms with Gasteiger partial charge < -0.3 is 20.0 Å². The summed E-state index contributed by atoms with van der Waals surface area (Å²) in [7, 11) is 1.34. The Morgan fingerprint density at radius 2 is 2.24 bits per heavy atom. The highest BCUT2D eigenvalue weighted by atomic mass is 35.5. The van der Waals surface area contributed by atoms with Crippen LogP contribution >= 0.6 is 23.2 Å². The van der Waals surface area contributed by atoms with Crippen LogP contribution in [-0.2, 0) is 6.54 Å². The largest absolute Gasteiger partial charge is 0.449 e. The third-order valence-corrected chi connectivity index (χ3v) is 3.35. The summed E-state index contributed by atoms with van der Waals surface area (Å²) in [6, 6.07) is 4.73. The number of imidazole rings is 1. The lowest BCUT2D eigenvalue weighted by Gasteiger charge is -2.13. The number of hydrogen-bond donors (Lipinski definition) is 1. The summed E-state index contributed by atoms with van der Waals surface area (Å²) >= 11 is 11.8. The van der Waals surface area contributed by atoms with Crippen molar-refractivity contribution in [1.29, 1.82) is 0 Å². The fourth-order valence-electron chi connectivity index (χ4n) is 1.82. The molecule has 0 amide bonds. The van der Waals surface area contributed by atoms with Gasteiger partial charge in [0, 0.05) is 20.6 Å². The van der Waals surface area contributed by atoms with Crippen molar-refractivity contribution in [2.45, 2.75) is 12.6 Å². The highest BCUT2D eigenvalue weighted by Gasteiger charge is 2.22. The summed E-state index contributed by atoms with van der Waals surface area (Å²) in [4.78, 5) is 13.8. The molecule has 0 spiro atoms. The predicted molar refractivity (Wildman–Crippen MR) is 76.9 cm³/mol. The SMILES string of the molecule is COc1nc([N+](=O)[O-])cn1CC(O)c1ccc(Cl)cc1Cl. The van der Waals surface area contributed by atoms with Crippen molar-refractivity contribution in [3.05, 3.63) is 50.1 Å². The second-order valence-corrected chi connectivity index (χ2v) is 5.02. The molecule has 9 heteroatoms. The molecule has 7 nitrogen and oxygen atoms in total. The van der Waals surface area contributed by atoms with E-state index in [-0.39, 0.29) is 18.4 Å². The highest BCUT2D eigenvalue weighted by molar-refractivity contribution is 6.35. The fraction of sp³-hybridized carbons (Fsp3) is 0.250. The smallest absolute Gasteiger partial charge is 0.414 e. The monoisotopic (exact) mass is 331 g/mol. The van der Waals surface area contributed by atoms with Crippen LogP contribution in [0.4, 0.5) is 5.82 Å². The van der Waals surface area contributed by atoms with Gasteiger partial charge in [-0.25, -0.2) is 0 Å². The van der Waals surface area contributed by atoms with Gasteiger partial charge in [0.2, 0.25) is 0 Å². The third kappa shape index (κ3) is 3.44. The molecule has 0 fully saturated rings. The molecule has 0 saturated heterocycles. The zero-order valence-corrected chi connectivity index (χ0v) is 12.4. The van der Waals surface area contributed by atoms with Crippen LogP contribution in [0.5, 0.6) is 6.01 Å². The van der Waals surface area contributed by atoms with E-state index in [4.69, 9.17) is 27.9 Å². The van der Waals surface area contributed by atoms with E-state index in [1.54, 1.807) is 12.1 Å². The van der Waals surface area contributed by atoms with Gasteiger partial charge >= 0.3 is 11.8 Å². The van der Waals surface area contributed by atoms with E-state index in [1.165, 1.54) is 23.9 Å². The molecule has 1 unspecified atom stereocenters. The molecule has 2 aromatic rings. The Kier molecular flexibility index (Phi) is 4.66. The molecule has 1 heterocycles. The Morgan fingerprint density at radius 1 is 1.52 bits per heavy atom. The highest BCUT2D eigenvalue weighted by Crippen LogP contribution is 2.28. The Labute approximate surface area is 129 Å². The molecule has 0 aliphatic rings. The minimum Gasteiger partial charge on any atom is -0.449 e. The van der Waals surface area contributed by atoms with Crippen molar-refractivity contribution in [2.75, 3.05) is 7.11 Å². The van der Waals surface area contributed by atoms with E-state index in [0.29, 0.717) is 15.6 Å². The number of nitrogens with zero attached hydrogens (tertiary/aromatic N) is 3. The van der Waals surface area contributed by atoms with Crippen molar-refractivity contribution >= 4 is 29.0 Å². The molecule has 1 atom stereocenters. The molecule has 0 aliphatic carbocycles. The van der Waals surface area contributed by atoms with Crippen LogP contribution in [0.1, 0.15) is 11.7 Å². The van der Waals surface area contributed by atoms with E-state index in [0.717, 1.165) is 0 Å². The topological polar surface area (TPSA) is 90.4 Å². The van der Waals surface area contributed by atoms with E-state index in [2.05, 4.69) is 4.98 Å². The van der Waals surface area contributed by atoms with Gasteiger partial charge in [-0.2, -0.15) is 0 Å². The molecule has 0 bridgehead atoms. The number of methoxy groups -OCH3 is 1. The number of aromatic nitrogens is 2. The maximum absolute atomic E-state index is 10.7. The summed E-state index contributed by atoms with van der Waals surface area (Å²) < 4.78 is 6.29. The first-order valence-electron chi connectivity index (χ1n) is 5.81. The average molecular weight is 332 g/mol. The molecule has 1 N–H and O–H groups in total. The zero-order chi connectivity index (χ0) is 15.6. The predicted octanol–water partition coefficient (Wildman–Crippen LogP) is 2.84. The quantitative estimate of drug-likeness (QED) is 0.672. The summed E-state index contributed by atoms with van der Waals surface area (Å²) in [5.74, 6) is -0.360. The van der Waals surface area contributed by atoms with Crippen LogP contribution in [0.25, 0.3) is 0 Å². The second-order valence-electron chi connectivity index (χ2n) is 4.18. The number of hydrogen-bond acceptors (Lipinski definition) is 5. The maximum atomic E-state index is 10.7. The fourth-order valence-corrected chi connectivity index (χ4v) is 2.36. The van der Waals surface area contributed by atoms with Crippen molar-refractivity contribution in [2.24, 2.45) is 0 Å². The van der Waals surface area contributed by atoms with Crippen molar-refractivity contribution in [3.63, 3.8) is 0 Å². The molecule has 1 aromatic carbocycles. The number of rotatable bonds is 5.